The second-order valence-electron chi connectivity index (χ2n) is 4.00. The zero-order valence-corrected chi connectivity index (χ0v) is 13.2. The molecule has 3 heteroatoms. The average molecular weight is 275 g/mol. The zero-order valence-electron chi connectivity index (χ0n) is 12.2. The lowest BCUT2D eigenvalue weighted by molar-refractivity contribution is -0.137. The molecular weight excluding hydrogens is 252 g/mol. The number of benzene rings is 1. The van der Waals surface area contributed by atoms with Crippen molar-refractivity contribution in [2.24, 2.45) is 0 Å². The van der Waals surface area contributed by atoms with Crippen molar-refractivity contribution < 1.29 is 9.53 Å². The van der Waals surface area contributed by atoms with E-state index in [0.717, 1.165) is 0 Å². The Balaban J connectivity index is 0.000000342. The summed E-state index contributed by atoms with van der Waals surface area (Å²) in [6.45, 7) is 8.70. The van der Waals surface area contributed by atoms with E-state index in [1.807, 2.05) is 13.0 Å². The van der Waals surface area contributed by atoms with E-state index in [1.54, 1.807) is 19.1 Å². The maximum Gasteiger partial charge on any atom is 0.330 e. The average Bonchev–Trinajstić information content (AvgIpc) is 2.41. The Morgan fingerprint density at radius 1 is 1.21 bits per heavy atom. The first-order valence-electron chi connectivity index (χ1n) is 6.43. The van der Waals surface area contributed by atoms with Gasteiger partial charge >= 0.3 is 5.97 Å². The van der Waals surface area contributed by atoms with E-state index < -0.39 is 0 Å². The molecule has 1 aromatic carbocycles. The molecule has 19 heavy (non-hydrogen) atoms. The molecule has 0 aliphatic heterocycles. The summed E-state index contributed by atoms with van der Waals surface area (Å²) in [4.78, 5) is 10.6. The van der Waals surface area contributed by atoms with E-state index in [9.17, 15) is 4.79 Å². The minimum Gasteiger partial charge on any atom is -0.463 e. The molecule has 0 bridgehead atoms. The Morgan fingerprint density at radius 3 is 2.26 bits per heavy atom. The van der Waals surface area contributed by atoms with Gasteiger partial charge in [0, 0.05) is 6.08 Å². The third-order valence-electron chi connectivity index (χ3n) is 2.17. The largest absolute Gasteiger partial charge is 0.463 e. The van der Waals surface area contributed by atoms with Crippen molar-refractivity contribution in [2.75, 3.05) is 6.61 Å². The van der Waals surface area contributed by atoms with Crippen LogP contribution in [0.25, 0.3) is 0 Å². The maximum absolute atomic E-state index is 10.6. The number of allylic oxidation sites excluding steroid dienone is 3. The Bertz CT molecular complexity index is 394. The molecule has 2 nitrogen and oxygen atoms in total. The summed E-state index contributed by atoms with van der Waals surface area (Å²) in [7, 11) is -0.212. The number of hydrogen-bond acceptors (Lipinski definition) is 2. The van der Waals surface area contributed by atoms with Crippen LogP contribution >= 0.6 is 0 Å². The van der Waals surface area contributed by atoms with Gasteiger partial charge < -0.3 is 4.74 Å². The van der Waals surface area contributed by atoms with Gasteiger partial charge in [-0.2, -0.15) is 0 Å². The standard InChI is InChI=1S/C8H12O2.C8H11Si/c1-3-5-6-7-8(9)10-4-2;1-9(2)8-6-4-3-5-7-8/h3,5-7H,4H2,1-2H3;3-7H,1-2H3/b5-3+,7-6+;. The first kappa shape index (κ1) is 17.4. The highest BCUT2D eigenvalue weighted by atomic mass is 28.3. The predicted molar refractivity (Wildman–Crippen MR) is 84.1 cm³/mol. The number of carbonyl (C=O) groups excluding carboxylic acids is 1. The summed E-state index contributed by atoms with van der Waals surface area (Å²) in [5.41, 5.74) is 0. The quantitative estimate of drug-likeness (QED) is 0.365. The van der Waals surface area contributed by atoms with Crippen LogP contribution in [0.5, 0.6) is 0 Å². The fraction of sp³-hybridized carbons (Fsp3) is 0.312. The van der Waals surface area contributed by atoms with E-state index in [4.69, 9.17) is 0 Å². The van der Waals surface area contributed by atoms with E-state index in [2.05, 4.69) is 48.2 Å². The molecule has 0 aromatic heterocycles. The van der Waals surface area contributed by atoms with E-state index in [1.165, 1.54) is 11.3 Å². The van der Waals surface area contributed by atoms with E-state index in [0.29, 0.717) is 6.61 Å². The van der Waals surface area contributed by atoms with Gasteiger partial charge in [-0.1, -0.05) is 66.8 Å². The van der Waals surface area contributed by atoms with Gasteiger partial charge in [-0.05, 0) is 13.8 Å². The van der Waals surface area contributed by atoms with Crippen molar-refractivity contribution in [3.05, 3.63) is 54.6 Å². The fourth-order valence-electron chi connectivity index (χ4n) is 1.21. The van der Waals surface area contributed by atoms with Gasteiger partial charge in [-0.3, -0.25) is 0 Å². The number of hydrogen-bond donors (Lipinski definition) is 0. The van der Waals surface area contributed by atoms with Crippen LogP contribution in [0.15, 0.2) is 54.6 Å². The molecule has 1 rings (SSSR count). The first-order valence-corrected chi connectivity index (χ1v) is 8.93. The number of esters is 1. The molecule has 103 valence electrons. The van der Waals surface area contributed by atoms with E-state index >= 15 is 0 Å². The molecule has 0 fully saturated rings. The molecule has 0 N–H and O–H groups in total. The van der Waals surface area contributed by atoms with Gasteiger partial charge in [0.15, 0.2) is 0 Å². The highest BCUT2D eigenvalue weighted by Gasteiger charge is 1.96. The number of carbonyl (C=O) groups is 1. The summed E-state index contributed by atoms with van der Waals surface area (Å²) < 4.78 is 4.63. The monoisotopic (exact) mass is 275 g/mol. The molecule has 0 aliphatic carbocycles. The number of ether oxygens (including phenoxy) is 1. The summed E-state index contributed by atoms with van der Waals surface area (Å²) in [5.74, 6) is -0.291. The molecule has 0 heterocycles. The van der Waals surface area contributed by atoms with Crippen molar-refractivity contribution in [3.8, 4) is 0 Å². The van der Waals surface area contributed by atoms with E-state index in [-0.39, 0.29) is 14.8 Å². The van der Waals surface area contributed by atoms with Crippen LogP contribution in [0.3, 0.4) is 0 Å². The smallest absolute Gasteiger partial charge is 0.330 e. The molecule has 0 atom stereocenters. The van der Waals surface area contributed by atoms with Crippen LogP contribution in [-0.2, 0) is 9.53 Å². The summed E-state index contributed by atoms with van der Waals surface area (Å²) in [6.07, 6.45) is 6.66. The van der Waals surface area contributed by atoms with Gasteiger partial charge in [0.25, 0.3) is 0 Å². The molecule has 0 spiro atoms. The maximum atomic E-state index is 10.6. The van der Waals surface area contributed by atoms with Gasteiger partial charge in [0.05, 0.1) is 15.4 Å². The third kappa shape index (κ3) is 10.0. The van der Waals surface area contributed by atoms with Gasteiger partial charge in [0.1, 0.15) is 0 Å². The van der Waals surface area contributed by atoms with Gasteiger partial charge in [0.2, 0.25) is 0 Å². The molecule has 0 amide bonds. The van der Waals surface area contributed by atoms with Crippen molar-refractivity contribution in [2.45, 2.75) is 26.9 Å². The fourth-order valence-corrected chi connectivity index (χ4v) is 2.07. The van der Waals surface area contributed by atoms with Crippen LogP contribution in [0.4, 0.5) is 0 Å². The lowest BCUT2D eigenvalue weighted by Gasteiger charge is -1.99. The van der Waals surface area contributed by atoms with Crippen LogP contribution in [0.1, 0.15) is 13.8 Å². The Hall–Kier alpha value is -1.61. The lowest BCUT2D eigenvalue weighted by Crippen LogP contribution is -2.21. The van der Waals surface area contributed by atoms with Gasteiger partial charge in [-0.15, -0.1) is 0 Å². The third-order valence-corrected chi connectivity index (χ3v) is 3.66. The highest BCUT2D eigenvalue weighted by Crippen LogP contribution is 1.86. The molecule has 1 aromatic rings. The predicted octanol–water partition coefficient (Wildman–Crippen LogP) is 3.33. The first-order chi connectivity index (χ1) is 9.11. The molecule has 0 saturated carbocycles. The topological polar surface area (TPSA) is 26.3 Å². The molecular formula is C16H23O2Si. The minimum absolute atomic E-state index is 0.212. The van der Waals surface area contributed by atoms with Crippen LogP contribution < -0.4 is 5.19 Å². The minimum atomic E-state index is -0.291. The SMILES string of the molecule is C/C=C/C=C/C(=O)OCC.C[Si](C)c1ccccc1. The Labute approximate surface area is 118 Å². The second kappa shape index (κ2) is 11.5. The summed E-state index contributed by atoms with van der Waals surface area (Å²) in [6, 6.07) is 10.7. The molecule has 0 aliphatic rings. The van der Waals surface area contributed by atoms with Crippen LogP contribution in [0.2, 0.25) is 13.1 Å². The molecule has 0 saturated heterocycles. The van der Waals surface area contributed by atoms with Crippen molar-refractivity contribution in [1.82, 2.24) is 0 Å². The number of rotatable bonds is 4. The van der Waals surface area contributed by atoms with Gasteiger partial charge in [-0.25, -0.2) is 4.79 Å². The summed E-state index contributed by atoms with van der Waals surface area (Å²) in [5, 5.41) is 1.52. The zero-order chi connectivity index (χ0) is 14.5. The molecule has 1 radical (unpaired) electrons. The highest BCUT2D eigenvalue weighted by molar-refractivity contribution is 6.70. The van der Waals surface area contributed by atoms with Crippen molar-refractivity contribution >= 4 is 20.0 Å². The van der Waals surface area contributed by atoms with Crippen LogP contribution in [0, 0.1) is 0 Å². The van der Waals surface area contributed by atoms with Crippen molar-refractivity contribution in [3.63, 3.8) is 0 Å². The van der Waals surface area contributed by atoms with Crippen molar-refractivity contribution in [1.29, 1.82) is 0 Å². The normalized spacial score (nSPS) is 10.6. The Morgan fingerprint density at radius 2 is 1.84 bits per heavy atom. The van der Waals surface area contributed by atoms with Crippen LogP contribution in [-0.4, -0.2) is 21.4 Å². The summed E-state index contributed by atoms with van der Waals surface area (Å²) >= 11 is 0. The lowest BCUT2D eigenvalue weighted by atomic mass is 10.4. The molecule has 0 unspecified atom stereocenters. The Kier molecular flexibility index (Phi) is 10.5. The second-order valence-corrected chi connectivity index (χ2v) is 6.58.